The Labute approximate surface area is 101 Å². The fourth-order valence-electron chi connectivity index (χ4n) is 1.12. The van der Waals surface area contributed by atoms with Crippen LogP contribution in [0, 0.1) is 10.5 Å². The first kappa shape index (κ1) is 12.3. The van der Waals surface area contributed by atoms with Gasteiger partial charge in [-0.2, -0.15) is 0 Å². The summed E-state index contributed by atoms with van der Waals surface area (Å²) in [5.74, 6) is 0.386. The van der Waals surface area contributed by atoms with Crippen LogP contribution >= 0.6 is 22.6 Å². The zero-order chi connectivity index (χ0) is 11.4. The van der Waals surface area contributed by atoms with E-state index in [0.29, 0.717) is 9.39 Å². The monoisotopic (exact) mass is 322 g/mol. The van der Waals surface area contributed by atoms with Gasteiger partial charge in [-0.25, -0.2) is 4.98 Å². The highest BCUT2D eigenvalue weighted by molar-refractivity contribution is 14.1. The van der Waals surface area contributed by atoms with Gasteiger partial charge >= 0.3 is 0 Å². The van der Waals surface area contributed by atoms with E-state index in [9.17, 15) is 9.59 Å². The van der Waals surface area contributed by atoms with Crippen LogP contribution in [0.25, 0.3) is 0 Å². The van der Waals surface area contributed by atoms with Crippen molar-refractivity contribution in [1.29, 1.82) is 0 Å². The highest BCUT2D eigenvalue weighted by Crippen LogP contribution is 1.97. The van der Waals surface area contributed by atoms with Crippen molar-refractivity contribution in [3.8, 4) is 0 Å². The predicted molar refractivity (Wildman–Crippen MR) is 62.8 cm³/mol. The Kier molecular flexibility index (Phi) is 4.40. The van der Waals surface area contributed by atoms with E-state index in [1.807, 2.05) is 22.6 Å². The van der Waals surface area contributed by atoms with Crippen molar-refractivity contribution in [3.05, 3.63) is 25.9 Å². The van der Waals surface area contributed by atoms with Gasteiger partial charge in [0, 0.05) is 13.3 Å². The molecule has 1 rings (SSSR count). The third-order valence-corrected chi connectivity index (χ3v) is 2.58. The molecule has 0 N–H and O–H groups in total. The average molecular weight is 322 g/mol. The third kappa shape index (κ3) is 3.10. The van der Waals surface area contributed by atoms with Crippen molar-refractivity contribution in [2.45, 2.75) is 13.5 Å². The summed E-state index contributed by atoms with van der Waals surface area (Å²) in [4.78, 5) is 27.0. The van der Waals surface area contributed by atoms with Crippen LogP contribution in [-0.4, -0.2) is 29.1 Å². The molecule has 0 aliphatic rings. The zero-order valence-electron chi connectivity index (χ0n) is 8.49. The number of Topliss-reactive ketones (excluding diaryl/α,β-unsaturated/α-hetero) is 1. The van der Waals surface area contributed by atoms with Crippen LogP contribution in [0.3, 0.4) is 0 Å². The summed E-state index contributed by atoms with van der Waals surface area (Å²) in [6.07, 6.45) is 1.50. The number of rotatable bonds is 4. The molecule has 0 atom stereocenters. The lowest BCUT2D eigenvalue weighted by Crippen LogP contribution is -2.30. The quantitative estimate of drug-likeness (QED) is 0.752. The first-order valence-electron chi connectivity index (χ1n) is 4.29. The zero-order valence-corrected chi connectivity index (χ0v) is 10.6. The van der Waals surface area contributed by atoms with Crippen molar-refractivity contribution < 1.29 is 9.53 Å². The van der Waals surface area contributed by atoms with E-state index in [1.54, 1.807) is 6.92 Å². The minimum Gasteiger partial charge on any atom is -0.377 e. The Morgan fingerprint density at radius 1 is 1.67 bits per heavy atom. The lowest BCUT2D eigenvalue weighted by atomic mass is 10.4. The van der Waals surface area contributed by atoms with Gasteiger partial charge in [0.2, 0.25) is 0 Å². The summed E-state index contributed by atoms with van der Waals surface area (Å²) in [5.41, 5.74) is -0.187. The Balaban J connectivity index is 2.99. The van der Waals surface area contributed by atoms with Crippen molar-refractivity contribution in [2.75, 3.05) is 13.7 Å². The summed E-state index contributed by atoms with van der Waals surface area (Å²) >= 11 is 1.90. The molecule has 1 heterocycles. The van der Waals surface area contributed by atoms with E-state index in [2.05, 4.69) is 4.98 Å². The molecule has 15 heavy (non-hydrogen) atoms. The number of ether oxygens (including phenoxy) is 1. The van der Waals surface area contributed by atoms with E-state index in [-0.39, 0.29) is 24.5 Å². The highest BCUT2D eigenvalue weighted by atomic mass is 127. The second kappa shape index (κ2) is 5.36. The number of nitrogens with zero attached hydrogens (tertiary/aromatic N) is 2. The molecule has 1 aromatic rings. The van der Waals surface area contributed by atoms with Crippen LogP contribution in [-0.2, 0) is 16.1 Å². The molecule has 0 aliphatic heterocycles. The molecule has 0 aliphatic carbocycles. The van der Waals surface area contributed by atoms with Crippen molar-refractivity contribution in [2.24, 2.45) is 0 Å². The smallest absolute Gasteiger partial charge is 0.267 e. The van der Waals surface area contributed by atoms with Gasteiger partial charge in [0.25, 0.3) is 5.56 Å². The maximum atomic E-state index is 11.7. The Morgan fingerprint density at radius 3 is 2.93 bits per heavy atom. The minimum absolute atomic E-state index is 0.0113. The second-order valence-electron chi connectivity index (χ2n) is 3.02. The molecule has 0 unspecified atom stereocenters. The predicted octanol–water partition coefficient (Wildman–Crippen LogP) is 0.372. The normalized spacial score (nSPS) is 10.3. The van der Waals surface area contributed by atoms with Gasteiger partial charge in [-0.3, -0.25) is 14.2 Å². The van der Waals surface area contributed by atoms with E-state index in [0.717, 1.165) is 0 Å². The van der Waals surface area contributed by atoms with Gasteiger partial charge in [0.05, 0.1) is 10.1 Å². The molecule has 0 radical (unpaired) electrons. The number of carbonyl (C=O) groups is 1. The van der Waals surface area contributed by atoms with E-state index >= 15 is 0 Å². The van der Waals surface area contributed by atoms with Gasteiger partial charge < -0.3 is 4.74 Å². The summed E-state index contributed by atoms with van der Waals surface area (Å²) < 4.78 is 6.55. The summed E-state index contributed by atoms with van der Waals surface area (Å²) in [6.45, 7) is 1.72. The van der Waals surface area contributed by atoms with Gasteiger partial charge in [-0.1, -0.05) is 0 Å². The lowest BCUT2D eigenvalue weighted by Gasteiger charge is -2.07. The summed E-state index contributed by atoms with van der Waals surface area (Å²) in [7, 11) is 1.44. The van der Waals surface area contributed by atoms with Crippen LogP contribution in [0.4, 0.5) is 0 Å². The Hall–Kier alpha value is -0.760. The highest BCUT2D eigenvalue weighted by Gasteiger charge is 2.09. The number of hydrogen-bond donors (Lipinski definition) is 0. The van der Waals surface area contributed by atoms with Crippen molar-refractivity contribution in [3.63, 3.8) is 0 Å². The molecule has 5 nitrogen and oxygen atoms in total. The molecule has 6 heteroatoms. The molecule has 0 spiro atoms. The van der Waals surface area contributed by atoms with Gasteiger partial charge in [-0.15, -0.1) is 0 Å². The molecule has 0 amide bonds. The average Bonchev–Trinajstić information content (AvgIpc) is 2.19. The van der Waals surface area contributed by atoms with E-state index in [1.165, 1.54) is 17.9 Å². The number of aryl methyl sites for hydroxylation is 1. The van der Waals surface area contributed by atoms with E-state index < -0.39 is 0 Å². The van der Waals surface area contributed by atoms with Crippen LogP contribution in [0.2, 0.25) is 0 Å². The van der Waals surface area contributed by atoms with Crippen LogP contribution in [0.5, 0.6) is 0 Å². The number of halogens is 1. The number of aromatic nitrogens is 2. The number of ketones is 1. The molecule has 0 aromatic carbocycles. The lowest BCUT2D eigenvalue weighted by molar-refractivity contribution is -0.123. The van der Waals surface area contributed by atoms with Gasteiger partial charge in [0.15, 0.2) is 5.78 Å². The first-order valence-corrected chi connectivity index (χ1v) is 5.36. The molecule has 82 valence electrons. The SMILES string of the molecule is COCC(=O)Cn1c(C)ncc(I)c1=O. The van der Waals surface area contributed by atoms with Crippen LogP contribution in [0.15, 0.2) is 11.0 Å². The largest absolute Gasteiger partial charge is 0.377 e. The number of carbonyl (C=O) groups excluding carboxylic acids is 1. The number of methoxy groups -OCH3 is 1. The Morgan fingerprint density at radius 2 is 2.33 bits per heavy atom. The molecule has 0 saturated heterocycles. The second-order valence-corrected chi connectivity index (χ2v) is 4.18. The first-order chi connectivity index (χ1) is 7.06. The van der Waals surface area contributed by atoms with Crippen molar-refractivity contribution in [1.82, 2.24) is 9.55 Å². The van der Waals surface area contributed by atoms with Crippen molar-refractivity contribution >= 4 is 28.4 Å². The number of hydrogen-bond acceptors (Lipinski definition) is 4. The molecule has 1 aromatic heterocycles. The fraction of sp³-hybridized carbons (Fsp3) is 0.444. The molecule has 0 bridgehead atoms. The summed E-state index contributed by atoms with van der Waals surface area (Å²) in [6, 6.07) is 0. The van der Waals surface area contributed by atoms with E-state index in [4.69, 9.17) is 4.74 Å². The van der Waals surface area contributed by atoms with Gasteiger partial charge in [0.1, 0.15) is 12.4 Å². The van der Waals surface area contributed by atoms with Crippen LogP contribution < -0.4 is 5.56 Å². The molecule has 0 saturated carbocycles. The maximum Gasteiger partial charge on any atom is 0.267 e. The maximum absolute atomic E-state index is 11.7. The van der Waals surface area contributed by atoms with Crippen LogP contribution in [0.1, 0.15) is 5.82 Å². The third-order valence-electron chi connectivity index (χ3n) is 1.84. The summed E-state index contributed by atoms with van der Waals surface area (Å²) in [5, 5.41) is 0. The topological polar surface area (TPSA) is 61.2 Å². The molecular weight excluding hydrogens is 311 g/mol. The molecule has 0 fully saturated rings. The Bertz CT molecular complexity index is 428. The molecular formula is C9H11IN2O3. The standard InChI is InChI=1S/C9H11IN2O3/c1-6-11-3-8(10)9(14)12(6)4-7(13)5-15-2/h3H,4-5H2,1-2H3. The van der Waals surface area contributed by atoms with Gasteiger partial charge in [-0.05, 0) is 29.5 Å². The minimum atomic E-state index is -0.187. The fourth-order valence-corrected chi connectivity index (χ4v) is 1.55.